The number of anilines is 1. The van der Waals surface area contributed by atoms with Gasteiger partial charge in [0.1, 0.15) is 10.9 Å². The summed E-state index contributed by atoms with van der Waals surface area (Å²) in [6, 6.07) is 1.98. The van der Waals surface area contributed by atoms with Crippen molar-refractivity contribution in [2.24, 2.45) is 5.92 Å². The molecule has 1 aliphatic rings. The van der Waals surface area contributed by atoms with Crippen LogP contribution in [0, 0.1) is 17.2 Å². The lowest BCUT2D eigenvalue weighted by molar-refractivity contribution is -0.117. The molecule has 1 atom stereocenters. The molecular formula is C9H9N3O2S. The minimum atomic E-state index is -0.0344. The maximum Gasteiger partial charge on any atom is 0.229 e. The minimum Gasteiger partial charge on any atom is -0.396 e. The van der Waals surface area contributed by atoms with Gasteiger partial charge in [0.25, 0.3) is 0 Å². The van der Waals surface area contributed by atoms with Crippen LogP contribution in [0.4, 0.5) is 5.13 Å². The highest BCUT2D eigenvalue weighted by Gasteiger charge is 2.31. The van der Waals surface area contributed by atoms with E-state index < -0.39 is 0 Å². The molecule has 6 heteroatoms. The van der Waals surface area contributed by atoms with Gasteiger partial charge >= 0.3 is 0 Å². The number of aliphatic hydroxyl groups is 1. The largest absolute Gasteiger partial charge is 0.396 e. The van der Waals surface area contributed by atoms with Crippen molar-refractivity contribution in [3.05, 3.63) is 11.1 Å². The Hall–Kier alpha value is -1.45. The molecule has 1 amide bonds. The first-order valence-electron chi connectivity index (χ1n) is 4.51. The van der Waals surface area contributed by atoms with Crippen molar-refractivity contribution in [2.75, 3.05) is 18.1 Å². The molecule has 0 bridgehead atoms. The van der Waals surface area contributed by atoms with Crippen molar-refractivity contribution in [3.8, 4) is 6.07 Å². The molecule has 1 unspecified atom stereocenters. The summed E-state index contributed by atoms with van der Waals surface area (Å²) in [6.07, 6.45) is 1.82. The Morgan fingerprint density at radius 2 is 2.60 bits per heavy atom. The summed E-state index contributed by atoms with van der Waals surface area (Å²) in [5.41, 5.74) is 0. The maximum absolute atomic E-state index is 11.5. The van der Waals surface area contributed by atoms with E-state index in [1.165, 1.54) is 22.4 Å². The average Bonchev–Trinajstić information content (AvgIpc) is 2.83. The van der Waals surface area contributed by atoms with Crippen LogP contribution in [0.15, 0.2) is 6.20 Å². The zero-order valence-corrected chi connectivity index (χ0v) is 8.70. The lowest BCUT2D eigenvalue weighted by Crippen LogP contribution is -2.24. The number of nitrogens with zero attached hydrogens (tertiary/aromatic N) is 3. The molecule has 1 saturated heterocycles. The molecule has 0 aliphatic carbocycles. The molecule has 1 fully saturated rings. The standard InChI is InChI=1S/C9H9N3O2S/c10-2-7-3-11-9(15-7)12-4-6(5-13)1-8(12)14/h3,6,13H,1,4-5H2. The second kappa shape index (κ2) is 3.96. The zero-order valence-electron chi connectivity index (χ0n) is 7.88. The molecule has 0 radical (unpaired) electrons. The molecule has 2 heterocycles. The SMILES string of the molecule is N#Cc1cnc(N2CC(CO)CC2=O)s1. The first-order chi connectivity index (χ1) is 7.24. The maximum atomic E-state index is 11.5. The van der Waals surface area contributed by atoms with Gasteiger partial charge in [-0.2, -0.15) is 5.26 Å². The van der Waals surface area contributed by atoms with E-state index in [1.807, 2.05) is 6.07 Å². The summed E-state index contributed by atoms with van der Waals surface area (Å²) in [4.78, 5) is 17.6. The van der Waals surface area contributed by atoms with Gasteiger partial charge in [-0.1, -0.05) is 11.3 Å². The summed E-state index contributed by atoms with van der Waals surface area (Å²) in [7, 11) is 0. The Bertz CT molecular complexity index is 423. The van der Waals surface area contributed by atoms with Crippen LogP contribution in [0.25, 0.3) is 0 Å². The van der Waals surface area contributed by atoms with Gasteiger partial charge in [0.05, 0.1) is 6.20 Å². The van der Waals surface area contributed by atoms with Gasteiger partial charge in [0.2, 0.25) is 5.91 Å². The fraction of sp³-hybridized carbons (Fsp3) is 0.444. The molecule has 15 heavy (non-hydrogen) atoms. The number of thiazole rings is 1. The van der Waals surface area contributed by atoms with Gasteiger partial charge < -0.3 is 5.11 Å². The van der Waals surface area contributed by atoms with Crippen molar-refractivity contribution < 1.29 is 9.90 Å². The topological polar surface area (TPSA) is 77.2 Å². The highest BCUT2D eigenvalue weighted by atomic mass is 32.1. The zero-order chi connectivity index (χ0) is 10.8. The van der Waals surface area contributed by atoms with Crippen LogP contribution >= 0.6 is 11.3 Å². The molecule has 0 spiro atoms. The third-order valence-electron chi connectivity index (χ3n) is 2.30. The van der Waals surface area contributed by atoms with E-state index in [1.54, 1.807) is 0 Å². The molecule has 0 aromatic carbocycles. The van der Waals surface area contributed by atoms with Crippen LogP contribution in [-0.2, 0) is 4.79 Å². The van der Waals surface area contributed by atoms with Gasteiger partial charge in [0, 0.05) is 25.5 Å². The quantitative estimate of drug-likeness (QED) is 0.785. The van der Waals surface area contributed by atoms with Crippen molar-refractivity contribution >= 4 is 22.4 Å². The number of hydrogen-bond donors (Lipinski definition) is 1. The first kappa shape index (κ1) is 10.1. The van der Waals surface area contributed by atoms with Crippen molar-refractivity contribution in [2.45, 2.75) is 6.42 Å². The lowest BCUT2D eigenvalue weighted by Gasteiger charge is -2.11. The number of aliphatic hydroxyl groups excluding tert-OH is 1. The number of rotatable bonds is 2. The third kappa shape index (κ3) is 1.84. The predicted octanol–water partition coefficient (Wildman–Crippen LogP) is 0.360. The summed E-state index contributed by atoms with van der Waals surface area (Å²) in [6.45, 7) is 0.506. The summed E-state index contributed by atoms with van der Waals surface area (Å²) in [5, 5.41) is 18.1. The monoisotopic (exact) mass is 223 g/mol. The van der Waals surface area contributed by atoms with Crippen LogP contribution in [0.3, 0.4) is 0 Å². The molecule has 0 saturated carbocycles. The number of nitriles is 1. The molecule has 1 aromatic rings. The summed E-state index contributed by atoms with van der Waals surface area (Å²) >= 11 is 1.20. The van der Waals surface area contributed by atoms with Crippen molar-refractivity contribution in [1.29, 1.82) is 5.26 Å². The second-order valence-corrected chi connectivity index (χ2v) is 4.39. The van der Waals surface area contributed by atoms with Gasteiger partial charge in [-0.3, -0.25) is 9.69 Å². The highest BCUT2D eigenvalue weighted by molar-refractivity contribution is 7.16. The fourth-order valence-electron chi connectivity index (χ4n) is 1.53. The molecule has 1 aromatic heterocycles. The van der Waals surface area contributed by atoms with Gasteiger partial charge in [-0.15, -0.1) is 0 Å². The number of aromatic nitrogens is 1. The van der Waals surface area contributed by atoms with Gasteiger partial charge in [-0.05, 0) is 0 Å². The number of amides is 1. The number of carbonyl (C=O) groups is 1. The Kier molecular flexibility index (Phi) is 2.66. The van der Waals surface area contributed by atoms with Crippen LogP contribution in [0.1, 0.15) is 11.3 Å². The van der Waals surface area contributed by atoms with Crippen LogP contribution in [-0.4, -0.2) is 29.1 Å². The molecule has 1 N–H and O–H groups in total. The van der Waals surface area contributed by atoms with E-state index in [9.17, 15) is 4.79 Å². The molecule has 1 aliphatic heterocycles. The average molecular weight is 223 g/mol. The van der Waals surface area contributed by atoms with Gasteiger partial charge in [0.15, 0.2) is 5.13 Å². The van der Waals surface area contributed by atoms with E-state index in [-0.39, 0.29) is 18.4 Å². The van der Waals surface area contributed by atoms with E-state index in [0.29, 0.717) is 23.0 Å². The Morgan fingerprint density at radius 3 is 3.13 bits per heavy atom. The third-order valence-corrected chi connectivity index (χ3v) is 3.22. The second-order valence-electron chi connectivity index (χ2n) is 3.38. The Labute approximate surface area is 90.6 Å². The Morgan fingerprint density at radius 1 is 1.80 bits per heavy atom. The van der Waals surface area contributed by atoms with E-state index in [4.69, 9.17) is 10.4 Å². The highest BCUT2D eigenvalue weighted by Crippen LogP contribution is 2.28. The summed E-state index contributed by atoms with van der Waals surface area (Å²) in [5.74, 6) is -0.0418. The Balaban J connectivity index is 2.18. The minimum absolute atomic E-state index is 0.00747. The van der Waals surface area contributed by atoms with E-state index in [2.05, 4.69) is 4.98 Å². The lowest BCUT2D eigenvalue weighted by atomic mass is 10.1. The van der Waals surface area contributed by atoms with Gasteiger partial charge in [-0.25, -0.2) is 4.98 Å². The molecular weight excluding hydrogens is 214 g/mol. The summed E-state index contributed by atoms with van der Waals surface area (Å²) < 4.78 is 0. The van der Waals surface area contributed by atoms with Crippen molar-refractivity contribution in [3.63, 3.8) is 0 Å². The fourth-order valence-corrected chi connectivity index (χ4v) is 2.27. The molecule has 78 valence electrons. The number of hydrogen-bond acceptors (Lipinski definition) is 5. The van der Waals surface area contributed by atoms with E-state index in [0.717, 1.165) is 0 Å². The normalized spacial score (nSPS) is 20.7. The molecule has 2 rings (SSSR count). The molecule has 5 nitrogen and oxygen atoms in total. The van der Waals surface area contributed by atoms with Crippen LogP contribution in [0.5, 0.6) is 0 Å². The smallest absolute Gasteiger partial charge is 0.229 e. The number of carbonyl (C=O) groups excluding carboxylic acids is 1. The first-order valence-corrected chi connectivity index (χ1v) is 5.33. The van der Waals surface area contributed by atoms with Crippen molar-refractivity contribution in [1.82, 2.24) is 4.98 Å². The van der Waals surface area contributed by atoms with Crippen LogP contribution < -0.4 is 4.90 Å². The predicted molar refractivity (Wildman–Crippen MR) is 54.4 cm³/mol. The van der Waals surface area contributed by atoms with E-state index >= 15 is 0 Å². The van der Waals surface area contributed by atoms with Crippen LogP contribution in [0.2, 0.25) is 0 Å².